The minimum Gasteiger partial charge on any atom is -0.327 e. The van der Waals surface area contributed by atoms with Crippen LogP contribution in [0.15, 0.2) is 29.5 Å². The summed E-state index contributed by atoms with van der Waals surface area (Å²) in [6, 6.07) is 0. The summed E-state index contributed by atoms with van der Waals surface area (Å²) in [5, 5.41) is 0. The van der Waals surface area contributed by atoms with Gasteiger partial charge in [0.1, 0.15) is 0 Å². The molecule has 0 fully saturated rings. The molecule has 0 saturated carbocycles. The fraction of sp³-hybridized carbons (Fsp3) is 0.500. The lowest BCUT2D eigenvalue weighted by Crippen LogP contribution is -2.02. The highest BCUT2D eigenvalue weighted by Crippen LogP contribution is 2.03. The first-order chi connectivity index (χ1) is 5.74. The lowest BCUT2D eigenvalue weighted by atomic mass is 10.1. The van der Waals surface area contributed by atoms with Gasteiger partial charge >= 0.3 is 0 Å². The molecular weight excluding hydrogens is 148 g/mol. The molecule has 0 atom stereocenters. The van der Waals surface area contributed by atoms with Crippen LogP contribution in [0.2, 0.25) is 0 Å². The molecule has 0 rings (SSSR count). The van der Waals surface area contributed by atoms with E-state index in [-0.39, 0.29) is 0 Å². The summed E-state index contributed by atoms with van der Waals surface area (Å²) in [7, 11) is 0. The van der Waals surface area contributed by atoms with Gasteiger partial charge < -0.3 is 11.5 Å². The molecule has 2 heteroatoms. The van der Waals surface area contributed by atoms with E-state index in [1.54, 1.807) is 0 Å². The van der Waals surface area contributed by atoms with E-state index in [9.17, 15) is 0 Å². The summed E-state index contributed by atoms with van der Waals surface area (Å²) < 4.78 is 0. The topological polar surface area (TPSA) is 52.0 Å². The van der Waals surface area contributed by atoms with Crippen molar-refractivity contribution in [1.29, 1.82) is 0 Å². The largest absolute Gasteiger partial charge is 0.327 e. The monoisotopic (exact) mass is 166 g/mol. The molecule has 68 valence electrons. The lowest BCUT2D eigenvalue weighted by molar-refractivity contribution is 0.921. The minimum absolute atomic E-state index is 0.555. The van der Waals surface area contributed by atoms with Crippen LogP contribution in [0, 0.1) is 0 Å². The Labute approximate surface area is 74.6 Å². The zero-order chi connectivity index (χ0) is 9.40. The van der Waals surface area contributed by atoms with Gasteiger partial charge in [0.25, 0.3) is 0 Å². The van der Waals surface area contributed by atoms with Crippen molar-refractivity contribution in [2.24, 2.45) is 11.5 Å². The Morgan fingerprint density at radius 1 is 1.42 bits per heavy atom. The molecule has 0 spiro atoms. The van der Waals surface area contributed by atoms with E-state index < -0.39 is 0 Å². The van der Waals surface area contributed by atoms with Crippen molar-refractivity contribution in [1.82, 2.24) is 0 Å². The molecule has 0 radical (unpaired) electrons. The molecule has 0 aliphatic carbocycles. The third-order valence-corrected chi connectivity index (χ3v) is 1.76. The molecule has 0 unspecified atom stereocenters. The van der Waals surface area contributed by atoms with Crippen molar-refractivity contribution in [2.75, 3.05) is 13.1 Å². The smallest absolute Gasteiger partial charge is 0.0213 e. The Bertz CT molecular complexity index is 198. The molecule has 0 aromatic carbocycles. The van der Waals surface area contributed by atoms with Gasteiger partial charge in [0.2, 0.25) is 0 Å². The number of nitrogens with two attached hydrogens (primary N) is 2. The molecule has 0 amide bonds. The summed E-state index contributed by atoms with van der Waals surface area (Å²) in [5.74, 6) is 0. The van der Waals surface area contributed by atoms with Crippen molar-refractivity contribution in [3.8, 4) is 0 Å². The second-order valence-electron chi connectivity index (χ2n) is 2.78. The third kappa shape index (κ3) is 4.91. The second-order valence-corrected chi connectivity index (χ2v) is 2.78. The molecule has 2 nitrogen and oxygen atoms in total. The summed E-state index contributed by atoms with van der Waals surface area (Å²) in [6.45, 7) is 6.78. The fourth-order valence-electron chi connectivity index (χ4n) is 0.839. The van der Waals surface area contributed by atoms with Crippen molar-refractivity contribution < 1.29 is 0 Å². The van der Waals surface area contributed by atoms with Gasteiger partial charge in [-0.3, -0.25) is 0 Å². The Morgan fingerprint density at radius 3 is 2.50 bits per heavy atom. The average Bonchev–Trinajstić information content (AvgIpc) is 2.12. The number of rotatable bonds is 5. The van der Waals surface area contributed by atoms with Gasteiger partial charge in [-0.25, -0.2) is 0 Å². The van der Waals surface area contributed by atoms with Crippen LogP contribution in [0.3, 0.4) is 0 Å². The third-order valence-electron chi connectivity index (χ3n) is 1.76. The van der Waals surface area contributed by atoms with Gasteiger partial charge in [0, 0.05) is 13.1 Å². The quantitative estimate of drug-likeness (QED) is 0.478. The van der Waals surface area contributed by atoms with E-state index in [1.807, 2.05) is 6.92 Å². The zero-order valence-corrected chi connectivity index (χ0v) is 7.77. The standard InChI is InChI=1S/C10H18N2/c1-3-10(8-12)6-4-5-9(2)7-11/h5H,1,4,6-8,11-12H2,2H3/b9-5+. The maximum Gasteiger partial charge on any atom is 0.0213 e. The van der Waals surface area contributed by atoms with Crippen LogP contribution >= 0.6 is 0 Å². The SMILES string of the molecule is C=C=C(CN)CC/C=C(\C)CN. The second kappa shape index (κ2) is 6.86. The van der Waals surface area contributed by atoms with Crippen molar-refractivity contribution in [3.05, 3.63) is 29.5 Å². The van der Waals surface area contributed by atoms with Gasteiger partial charge in [-0.2, -0.15) is 0 Å². The molecule has 0 aromatic heterocycles. The molecule has 0 heterocycles. The van der Waals surface area contributed by atoms with Crippen LogP contribution in [0.1, 0.15) is 19.8 Å². The Kier molecular flexibility index (Phi) is 6.39. The van der Waals surface area contributed by atoms with Crippen molar-refractivity contribution >= 4 is 0 Å². The number of allylic oxidation sites excluding steroid dienone is 1. The Hall–Kier alpha value is -0.820. The van der Waals surface area contributed by atoms with E-state index in [0.717, 1.165) is 18.4 Å². The van der Waals surface area contributed by atoms with Gasteiger partial charge in [-0.05, 0) is 25.3 Å². The van der Waals surface area contributed by atoms with Crippen LogP contribution in [-0.4, -0.2) is 13.1 Å². The average molecular weight is 166 g/mol. The molecular formula is C10H18N2. The van der Waals surface area contributed by atoms with E-state index >= 15 is 0 Å². The van der Waals surface area contributed by atoms with Gasteiger partial charge in [0.05, 0.1) is 0 Å². The molecule has 12 heavy (non-hydrogen) atoms. The van der Waals surface area contributed by atoms with E-state index in [1.165, 1.54) is 5.57 Å². The minimum atomic E-state index is 0.555. The summed E-state index contributed by atoms with van der Waals surface area (Å²) in [5.41, 5.74) is 16.0. The molecule has 0 aliphatic rings. The fourth-order valence-corrected chi connectivity index (χ4v) is 0.839. The van der Waals surface area contributed by atoms with Gasteiger partial charge in [0.15, 0.2) is 0 Å². The van der Waals surface area contributed by atoms with Crippen LogP contribution in [0.5, 0.6) is 0 Å². The highest BCUT2D eigenvalue weighted by Gasteiger charge is 1.91. The normalized spacial score (nSPS) is 11.1. The molecule has 0 saturated heterocycles. The Morgan fingerprint density at radius 2 is 2.08 bits per heavy atom. The highest BCUT2D eigenvalue weighted by atomic mass is 14.5. The first kappa shape index (κ1) is 11.2. The molecule has 4 N–H and O–H groups in total. The summed E-state index contributed by atoms with van der Waals surface area (Å²) in [6.07, 6.45) is 4.06. The summed E-state index contributed by atoms with van der Waals surface area (Å²) >= 11 is 0. The van der Waals surface area contributed by atoms with Crippen LogP contribution in [-0.2, 0) is 0 Å². The maximum absolute atomic E-state index is 5.45. The highest BCUT2D eigenvalue weighted by molar-refractivity contribution is 5.05. The number of hydrogen-bond donors (Lipinski definition) is 2. The Balaban J connectivity index is 3.76. The van der Waals surface area contributed by atoms with Crippen LogP contribution in [0.25, 0.3) is 0 Å². The van der Waals surface area contributed by atoms with Crippen molar-refractivity contribution in [3.63, 3.8) is 0 Å². The maximum atomic E-state index is 5.45. The van der Waals surface area contributed by atoms with Gasteiger partial charge in [-0.1, -0.05) is 18.2 Å². The predicted octanol–water partition coefficient (Wildman–Crippen LogP) is 1.34. The van der Waals surface area contributed by atoms with Gasteiger partial charge in [-0.15, -0.1) is 5.73 Å². The predicted molar refractivity (Wildman–Crippen MR) is 53.8 cm³/mol. The summed E-state index contributed by atoms with van der Waals surface area (Å²) in [4.78, 5) is 0. The van der Waals surface area contributed by atoms with E-state index in [2.05, 4.69) is 18.4 Å². The van der Waals surface area contributed by atoms with Crippen LogP contribution in [0.4, 0.5) is 0 Å². The lowest BCUT2D eigenvalue weighted by Gasteiger charge is -1.98. The van der Waals surface area contributed by atoms with E-state index in [0.29, 0.717) is 13.1 Å². The van der Waals surface area contributed by atoms with E-state index in [4.69, 9.17) is 11.5 Å². The van der Waals surface area contributed by atoms with Crippen LogP contribution < -0.4 is 11.5 Å². The molecule has 0 bridgehead atoms. The first-order valence-electron chi connectivity index (χ1n) is 4.18. The first-order valence-corrected chi connectivity index (χ1v) is 4.18. The zero-order valence-electron chi connectivity index (χ0n) is 7.77. The number of hydrogen-bond acceptors (Lipinski definition) is 2. The molecule has 0 aromatic rings. The molecule has 0 aliphatic heterocycles. The van der Waals surface area contributed by atoms with Crippen molar-refractivity contribution in [2.45, 2.75) is 19.8 Å².